The van der Waals surface area contributed by atoms with E-state index >= 15 is 0 Å². The Hall–Kier alpha value is -1.42. The van der Waals surface area contributed by atoms with Gasteiger partial charge in [0.05, 0.1) is 0 Å². The van der Waals surface area contributed by atoms with Crippen molar-refractivity contribution in [3.8, 4) is 0 Å². The minimum Gasteiger partial charge on any atom is -0.359 e. The van der Waals surface area contributed by atoms with Crippen molar-refractivity contribution in [2.45, 2.75) is 64.3 Å². The second-order valence-electron chi connectivity index (χ2n) is 9.71. The van der Waals surface area contributed by atoms with Gasteiger partial charge in [-0.3, -0.25) is 10.1 Å². The van der Waals surface area contributed by atoms with Crippen molar-refractivity contribution in [1.82, 2.24) is 10.6 Å². The van der Waals surface area contributed by atoms with Crippen LogP contribution in [0.1, 0.15) is 68.8 Å². The zero-order valence-electron chi connectivity index (χ0n) is 16.0. The molecule has 1 aromatic rings. The topological polar surface area (TPSA) is 41.1 Å². The van der Waals surface area contributed by atoms with Gasteiger partial charge in [-0.2, -0.15) is 0 Å². The number of amides is 1. The maximum absolute atomic E-state index is 12.5. The molecule has 0 aromatic heterocycles. The average molecular weight is 371 g/mol. The summed E-state index contributed by atoms with van der Waals surface area (Å²) in [6.07, 6.45) is 6.82. The van der Waals surface area contributed by atoms with Gasteiger partial charge < -0.3 is 5.32 Å². The summed E-state index contributed by atoms with van der Waals surface area (Å²) in [6.45, 7) is 6.52. The molecule has 4 aliphatic rings. The smallest absolute Gasteiger partial charge is 0.257 e. The van der Waals surface area contributed by atoms with Crippen molar-refractivity contribution in [3.05, 3.63) is 35.4 Å². The highest BCUT2D eigenvalue weighted by Crippen LogP contribution is 2.53. The number of thiocarbonyl (C=S) groups is 1. The lowest BCUT2D eigenvalue weighted by molar-refractivity contribution is -0.00692. The predicted octanol–water partition coefficient (Wildman–Crippen LogP) is 4.41. The SMILES string of the molecule is CC(C)(C)c1ccc(C(=O)NC(=S)NC2C3CC4CC(C3)CC2C4)cc1. The van der Waals surface area contributed by atoms with Crippen LogP contribution in [-0.4, -0.2) is 17.1 Å². The minimum atomic E-state index is -0.119. The van der Waals surface area contributed by atoms with Gasteiger partial charge in [0.2, 0.25) is 0 Å². The predicted molar refractivity (Wildman–Crippen MR) is 109 cm³/mol. The Kier molecular flexibility index (Phi) is 4.58. The van der Waals surface area contributed by atoms with Crippen LogP contribution >= 0.6 is 12.2 Å². The van der Waals surface area contributed by atoms with Gasteiger partial charge in [-0.05, 0) is 91.1 Å². The summed E-state index contributed by atoms with van der Waals surface area (Å²) in [5.74, 6) is 3.26. The highest BCUT2D eigenvalue weighted by Gasteiger charge is 2.48. The molecule has 3 nitrogen and oxygen atoms in total. The van der Waals surface area contributed by atoms with Crippen LogP contribution in [0.4, 0.5) is 0 Å². The molecule has 2 N–H and O–H groups in total. The van der Waals surface area contributed by atoms with E-state index in [2.05, 4.69) is 31.4 Å². The lowest BCUT2D eigenvalue weighted by atomic mass is 9.54. The maximum Gasteiger partial charge on any atom is 0.257 e. The molecule has 1 amide bonds. The lowest BCUT2D eigenvalue weighted by Gasteiger charge is -2.54. The fourth-order valence-electron chi connectivity index (χ4n) is 5.65. The molecule has 140 valence electrons. The highest BCUT2D eigenvalue weighted by atomic mass is 32.1. The summed E-state index contributed by atoms with van der Waals surface area (Å²) in [4.78, 5) is 12.5. The van der Waals surface area contributed by atoms with Crippen LogP contribution in [0.15, 0.2) is 24.3 Å². The van der Waals surface area contributed by atoms with Crippen molar-refractivity contribution in [3.63, 3.8) is 0 Å². The van der Waals surface area contributed by atoms with E-state index in [9.17, 15) is 4.79 Å². The molecule has 0 saturated heterocycles. The number of benzene rings is 1. The van der Waals surface area contributed by atoms with Gasteiger partial charge in [0, 0.05) is 11.6 Å². The first-order valence-electron chi connectivity index (χ1n) is 10.0. The normalized spacial score (nSPS) is 32.3. The fourth-order valence-corrected chi connectivity index (χ4v) is 5.87. The second kappa shape index (κ2) is 6.63. The van der Waals surface area contributed by atoms with Gasteiger partial charge >= 0.3 is 0 Å². The van der Waals surface area contributed by atoms with Gasteiger partial charge in [0.15, 0.2) is 5.11 Å². The van der Waals surface area contributed by atoms with Crippen LogP contribution in [0, 0.1) is 23.7 Å². The third kappa shape index (κ3) is 3.53. The summed E-state index contributed by atoms with van der Waals surface area (Å²) >= 11 is 5.47. The van der Waals surface area contributed by atoms with Crippen LogP contribution in [-0.2, 0) is 5.41 Å². The molecular weight excluding hydrogens is 340 g/mol. The summed E-state index contributed by atoms with van der Waals surface area (Å²) < 4.78 is 0. The second-order valence-corrected chi connectivity index (χ2v) is 10.1. The number of carbonyl (C=O) groups excluding carboxylic acids is 1. The Morgan fingerprint density at radius 2 is 1.50 bits per heavy atom. The van der Waals surface area contributed by atoms with Crippen molar-refractivity contribution < 1.29 is 4.79 Å². The Morgan fingerprint density at radius 3 is 2.00 bits per heavy atom. The average Bonchev–Trinajstić information content (AvgIpc) is 2.57. The largest absolute Gasteiger partial charge is 0.359 e. The van der Waals surface area contributed by atoms with Gasteiger partial charge in [-0.15, -0.1) is 0 Å². The maximum atomic E-state index is 12.5. The van der Waals surface area contributed by atoms with Crippen LogP contribution in [0.25, 0.3) is 0 Å². The molecule has 4 saturated carbocycles. The first-order chi connectivity index (χ1) is 12.3. The summed E-state index contributed by atoms with van der Waals surface area (Å²) in [7, 11) is 0. The van der Waals surface area contributed by atoms with Crippen LogP contribution in [0.2, 0.25) is 0 Å². The molecule has 0 atom stereocenters. The van der Waals surface area contributed by atoms with Crippen molar-refractivity contribution >= 4 is 23.2 Å². The fraction of sp³-hybridized carbons (Fsp3) is 0.636. The summed E-state index contributed by atoms with van der Waals surface area (Å²) in [5, 5.41) is 6.89. The quantitative estimate of drug-likeness (QED) is 0.758. The van der Waals surface area contributed by atoms with E-state index in [1.165, 1.54) is 37.7 Å². The van der Waals surface area contributed by atoms with E-state index in [1.54, 1.807) is 0 Å². The molecule has 0 unspecified atom stereocenters. The number of rotatable bonds is 2. The van der Waals surface area contributed by atoms with Crippen molar-refractivity contribution in [1.29, 1.82) is 0 Å². The van der Waals surface area contributed by atoms with Crippen LogP contribution < -0.4 is 10.6 Å². The Bertz CT molecular complexity index is 676. The third-order valence-electron chi connectivity index (χ3n) is 6.76. The first-order valence-corrected chi connectivity index (χ1v) is 10.4. The summed E-state index contributed by atoms with van der Waals surface area (Å²) in [6, 6.07) is 8.30. The number of hydrogen-bond acceptors (Lipinski definition) is 2. The molecule has 0 aliphatic heterocycles. The molecule has 1 aromatic carbocycles. The highest BCUT2D eigenvalue weighted by molar-refractivity contribution is 7.80. The Morgan fingerprint density at radius 1 is 0.962 bits per heavy atom. The van der Waals surface area contributed by atoms with E-state index in [-0.39, 0.29) is 11.3 Å². The third-order valence-corrected chi connectivity index (χ3v) is 6.98. The standard InChI is InChI=1S/C22H30N2OS/c1-22(2,3)18-6-4-15(5-7-18)20(25)24-21(26)23-19-16-9-13-8-14(11-16)12-17(19)10-13/h4-7,13-14,16-17,19H,8-12H2,1-3H3,(H2,23,24,25,26). The molecule has 4 bridgehead atoms. The molecule has 26 heavy (non-hydrogen) atoms. The van der Waals surface area contributed by atoms with E-state index in [0.717, 1.165) is 23.7 Å². The van der Waals surface area contributed by atoms with E-state index in [1.807, 2.05) is 24.3 Å². The van der Waals surface area contributed by atoms with E-state index in [0.29, 0.717) is 16.7 Å². The van der Waals surface area contributed by atoms with Crippen molar-refractivity contribution in [2.75, 3.05) is 0 Å². The molecule has 0 radical (unpaired) electrons. The minimum absolute atomic E-state index is 0.0886. The molecule has 0 heterocycles. The molecule has 5 rings (SSSR count). The van der Waals surface area contributed by atoms with Gasteiger partial charge in [-0.1, -0.05) is 32.9 Å². The number of nitrogens with one attached hydrogen (secondary N) is 2. The van der Waals surface area contributed by atoms with Crippen molar-refractivity contribution in [2.24, 2.45) is 23.7 Å². The number of carbonyl (C=O) groups is 1. The van der Waals surface area contributed by atoms with Gasteiger partial charge in [-0.25, -0.2) is 0 Å². The van der Waals surface area contributed by atoms with Gasteiger partial charge in [0.1, 0.15) is 0 Å². The molecule has 4 heteroatoms. The Labute approximate surface area is 162 Å². The molecule has 0 spiro atoms. The zero-order chi connectivity index (χ0) is 18.5. The molecule has 4 aliphatic carbocycles. The Balaban J connectivity index is 1.35. The zero-order valence-corrected chi connectivity index (χ0v) is 16.9. The van der Waals surface area contributed by atoms with Gasteiger partial charge in [0.25, 0.3) is 5.91 Å². The van der Waals surface area contributed by atoms with Crippen LogP contribution in [0.3, 0.4) is 0 Å². The monoisotopic (exact) mass is 370 g/mol. The number of hydrogen-bond donors (Lipinski definition) is 2. The van der Waals surface area contributed by atoms with E-state index in [4.69, 9.17) is 12.2 Å². The molecular formula is C22H30N2OS. The first kappa shape index (κ1) is 18.0. The summed E-state index contributed by atoms with van der Waals surface area (Å²) in [5.41, 5.74) is 1.97. The van der Waals surface area contributed by atoms with E-state index < -0.39 is 0 Å². The molecule has 4 fully saturated rings. The lowest BCUT2D eigenvalue weighted by Crippen LogP contribution is -2.57. The van der Waals surface area contributed by atoms with Crippen LogP contribution in [0.5, 0.6) is 0 Å².